The highest BCUT2D eigenvalue weighted by Gasteiger charge is 2.25. The number of rotatable bonds is 4. The maximum atomic E-state index is 11.9. The molecule has 86 valence electrons. The van der Waals surface area contributed by atoms with Crippen molar-refractivity contribution < 1.29 is 8.42 Å². The van der Waals surface area contributed by atoms with E-state index < -0.39 is 10.0 Å². The molecule has 0 aliphatic rings. The van der Waals surface area contributed by atoms with Gasteiger partial charge in [-0.2, -0.15) is 0 Å². The third kappa shape index (κ3) is 3.08. The minimum absolute atomic E-state index is 0.0719. The normalized spacial score (nSPS) is 12.3. The van der Waals surface area contributed by atoms with Gasteiger partial charge in [-0.1, -0.05) is 39.1 Å². The van der Waals surface area contributed by atoms with E-state index in [0.717, 1.165) is 11.3 Å². The summed E-state index contributed by atoms with van der Waals surface area (Å²) >= 11 is 15.7. The Hall–Kier alpha value is 0.670. The average molecular weight is 353 g/mol. The molecular formula is C7H8BrCl2NO2S2. The first-order valence-corrected chi connectivity index (χ1v) is 8.00. The number of nitrogens with zero attached hydrogens (tertiary/aromatic N) is 1. The Kier molecular flexibility index (Phi) is 4.88. The molecule has 1 heterocycles. The van der Waals surface area contributed by atoms with Gasteiger partial charge in [-0.25, -0.2) is 12.7 Å². The van der Waals surface area contributed by atoms with Crippen molar-refractivity contribution in [1.29, 1.82) is 0 Å². The molecule has 0 spiro atoms. The van der Waals surface area contributed by atoms with E-state index >= 15 is 0 Å². The zero-order valence-electron chi connectivity index (χ0n) is 7.71. The molecule has 3 nitrogen and oxygen atoms in total. The van der Waals surface area contributed by atoms with Crippen LogP contribution in [0.2, 0.25) is 8.67 Å². The maximum absolute atomic E-state index is 11.9. The van der Waals surface area contributed by atoms with E-state index in [1.165, 1.54) is 17.4 Å². The lowest BCUT2D eigenvalue weighted by atomic mass is 10.7. The smallest absolute Gasteiger partial charge is 0.207 e. The summed E-state index contributed by atoms with van der Waals surface area (Å²) in [6.07, 6.45) is 0. The van der Waals surface area contributed by atoms with Crippen LogP contribution in [0.15, 0.2) is 11.0 Å². The molecule has 0 saturated heterocycles. The predicted octanol–water partition coefficient (Wildman–Crippen LogP) is 3.07. The number of thiophene rings is 1. The zero-order chi connectivity index (χ0) is 11.6. The molecule has 0 amide bonds. The van der Waals surface area contributed by atoms with Gasteiger partial charge in [0.1, 0.15) is 9.23 Å². The number of halogens is 3. The van der Waals surface area contributed by atoms with Gasteiger partial charge in [0.15, 0.2) is 0 Å². The summed E-state index contributed by atoms with van der Waals surface area (Å²) in [5.74, 6) is 0. The fourth-order valence-corrected chi connectivity index (χ4v) is 4.96. The lowest BCUT2D eigenvalue weighted by Crippen LogP contribution is -2.28. The highest BCUT2D eigenvalue weighted by Crippen LogP contribution is 2.35. The summed E-state index contributed by atoms with van der Waals surface area (Å²) in [4.78, 5) is 0.0719. The maximum Gasteiger partial charge on any atom is 0.245 e. The van der Waals surface area contributed by atoms with Crippen molar-refractivity contribution in [2.75, 3.05) is 18.9 Å². The third-order valence-electron chi connectivity index (χ3n) is 1.71. The van der Waals surface area contributed by atoms with Crippen LogP contribution in [-0.4, -0.2) is 31.6 Å². The standard InChI is InChI=1S/C7H8BrCl2NO2S2/c1-11(3-2-8)15(12,13)5-4-6(9)14-7(5)10/h4H,2-3H2,1H3. The summed E-state index contributed by atoms with van der Waals surface area (Å²) in [5.41, 5.74) is 0. The van der Waals surface area contributed by atoms with E-state index in [4.69, 9.17) is 23.2 Å². The molecule has 0 N–H and O–H groups in total. The monoisotopic (exact) mass is 351 g/mol. The zero-order valence-corrected chi connectivity index (χ0v) is 12.4. The molecule has 0 bridgehead atoms. The number of hydrogen-bond acceptors (Lipinski definition) is 3. The molecule has 0 aliphatic carbocycles. The molecule has 1 aromatic heterocycles. The second-order valence-corrected chi connectivity index (χ2v) is 7.80. The highest BCUT2D eigenvalue weighted by molar-refractivity contribution is 9.09. The topological polar surface area (TPSA) is 37.4 Å². The van der Waals surface area contributed by atoms with Crippen molar-refractivity contribution in [3.63, 3.8) is 0 Å². The second kappa shape index (κ2) is 5.33. The van der Waals surface area contributed by atoms with Gasteiger partial charge in [0.05, 0.1) is 4.34 Å². The van der Waals surface area contributed by atoms with Crippen molar-refractivity contribution in [1.82, 2.24) is 4.31 Å². The number of alkyl halides is 1. The van der Waals surface area contributed by atoms with Crippen molar-refractivity contribution in [2.24, 2.45) is 0 Å². The van der Waals surface area contributed by atoms with Crippen LogP contribution < -0.4 is 0 Å². The molecule has 0 radical (unpaired) electrons. The number of sulfonamides is 1. The summed E-state index contributed by atoms with van der Waals surface area (Å²) in [7, 11) is -2.02. The van der Waals surface area contributed by atoms with E-state index in [1.807, 2.05) is 0 Å². The van der Waals surface area contributed by atoms with Crippen LogP contribution in [0.4, 0.5) is 0 Å². The molecule has 8 heteroatoms. The van der Waals surface area contributed by atoms with Crippen LogP contribution in [0, 0.1) is 0 Å². The van der Waals surface area contributed by atoms with Crippen LogP contribution in [0.25, 0.3) is 0 Å². The van der Waals surface area contributed by atoms with Gasteiger partial charge >= 0.3 is 0 Å². The second-order valence-electron chi connectivity index (χ2n) is 2.70. The first-order chi connectivity index (χ1) is 6.89. The van der Waals surface area contributed by atoms with Crippen molar-refractivity contribution in [3.8, 4) is 0 Å². The van der Waals surface area contributed by atoms with Gasteiger partial charge in [0.25, 0.3) is 0 Å². The van der Waals surface area contributed by atoms with Crippen LogP contribution in [0.5, 0.6) is 0 Å². The van der Waals surface area contributed by atoms with Gasteiger partial charge in [-0.15, -0.1) is 11.3 Å². The Labute approximate surface area is 111 Å². The Morgan fingerprint density at radius 3 is 2.53 bits per heavy atom. The quantitative estimate of drug-likeness (QED) is 0.781. The van der Waals surface area contributed by atoms with Gasteiger partial charge in [-0.3, -0.25) is 0 Å². The van der Waals surface area contributed by atoms with E-state index in [2.05, 4.69) is 15.9 Å². The fourth-order valence-electron chi connectivity index (χ4n) is 0.908. The first kappa shape index (κ1) is 13.7. The third-order valence-corrected chi connectivity index (χ3v) is 5.68. The SMILES string of the molecule is CN(CCBr)S(=O)(=O)c1cc(Cl)sc1Cl. The molecule has 0 aliphatic heterocycles. The summed E-state index contributed by atoms with van der Waals surface area (Å²) in [5, 5.41) is 0.568. The average Bonchev–Trinajstić information content (AvgIpc) is 2.46. The van der Waals surface area contributed by atoms with Gasteiger partial charge in [0, 0.05) is 18.9 Å². The Morgan fingerprint density at radius 2 is 2.13 bits per heavy atom. The van der Waals surface area contributed by atoms with Crippen LogP contribution in [0.3, 0.4) is 0 Å². The van der Waals surface area contributed by atoms with E-state index in [9.17, 15) is 8.42 Å². The summed E-state index contributed by atoms with van der Waals surface area (Å²) < 4.78 is 25.6. The molecule has 15 heavy (non-hydrogen) atoms. The van der Waals surface area contributed by atoms with E-state index in [-0.39, 0.29) is 9.23 Å². The van der Waals surface area contributed by atoms with Crippen molar-refractivity contribution >= 4 is 60.5 Å². The molecule has 0 aromatic carbocycles. The fraction of sp³-hybridized carbons (Fsp3) is 0.429. The van der Waals surface area contributed by atoms with Crippen molar-refractivity contribution in [3.05, 3.63) is 14.7 Å². The minimum atomic E-state index is -3.51. The van der Waals surface area contributed by atoms with E-state index in [0.29, 0.717) is 16.2 Å². The highest BCUT2D eigenvalue weighted by atomic mass is 79.9. The molecule has 1 aromatic rings. The summed E-state index contributed by atoms with van der Waals surface area (Å²) in [6.45, 7) is 0.381. The molecular weight excluding hydrogens is 345 g/mol. The van der Waals surface area contributed by atoms with Crippen LogP contribution >= 0.6 is 50.5 Å². The van der Waals surface area contributed by atoms with Gasteiger partial charge in [-0.05, 0) is 6.07 Å². The molecule has 0 atom stereocenters. The van der Waals surface area contributed by atoms with Gasteiger partial charge in [0.2, 0.25) is 10.0 Å². The minimum Gasteiger partial charge on any atom is -0.207 e. The lowest BCUT2D eigenvalue weighted by Gasteiger charge is -2.14. The summed E-state index contributed by atoms with van der Waals surface area (Å²) in [6, 6.07) is 1.37. The molecule has 0 fully saturated rings. The Balaban J connectivity index is 3.11. The first-order valence-electron chi connectivity index (χ1n) is 3.86. The molecule has 1 rings (SSSR count). The largest absolute Gasteiger partial charge is 0.245 e. The molecule has 0 saturated carbocycles. The number of hydrogen-bond donors (Lipinski definition) is 0. The molecule has 0 unspecified atom stereocenters. The Bertz CT molecular complexity index is 446. The Morgan fingerprint density at radius 1 is 1.53 bits per heavy atom. The predicted molar refractivity (Wildman–Crippen MR) is 67.9 cm³/mol. The lowest BCUT2D eigenvalue weighted by molar-refractivity contribution is 0.489. The van der Waals surface area contributed by atoms with E-state index in [1.54, 1.807) is 0 Å². The van der Waals surface area contributed by atoms with Crippen molar-refractivity contribution in [2.45, 2.75) is 4.90 Å². The van der Waals surface area contributed by atoms with Gasteiger partial charge < -0.3 is 0 Å². The van der Waals surface area contributed by atoms with Crippen LogP contribution in [-0.2, 0) is 10.0 Å². The van der Waals surface area contributed by atoms with Crippen LogP contribution in [0.1, 0.15) is 0 Å².